The van der Waals surface area contributed by atoms with Crippen LogP contribution in [0.4, 0.5) is 4.39 Å². The highest BCUT2D eigenvalue weighted by Gasteiger charge is 2.13. The van der Waals surface area contributed by atoms with Gasteiger partial charge in [-0.25, -0.2) is 4.39 Å². The summed E-state index contributed by atoms with van der Waals surface area (Å²) in [5, 5.41) is -0.741. The minimum atomic E-state index is -0.741. The lowest BCUT2D eigenvalue weighted by Crippen LogP contribution is -2.02. The number of carbonyl (C=O) groups is 1. The SMILES string of the molecule is CC(=O)C(Cl)c1ccc(C)c(F)c1. The Labute approximate surface area is 81.5 Å². The van der Waals surface area contributed by atoms with Crippen molar-refractivity contribution in [3.63, 3.8) is 0 Å². The zero-order chi connectivity index (χ0) is 10.0. The molecule has 13 heavy (non-hydrogen) atoms. The average Bonchev–Trinajstić information content (AvgIpc) is 2.08. The summed E-state index contributed by atoms with van der Waals surface area (Å²) in [7, 11) is 0. The topological polar surface area (TPSA) is 17.1 Å². The zero-order valence-electron chi connectivity index (χ0n) is 7.47. The molecule has 3 heteroatoms. The molecule has 1 unspecified atom stereocenters. The van der Waals surface area contributed by atoms with E-state index in [1.165, 1.54) is 13.0 Å². The zero-order valence-corrected chi connectivity index (χ0v) is 8.23. The van der Waals surface area contributed by atoms with Crippen molar-refractivity contribution in [3.05, 3.63) is 35.1 Å². The molecule has 0 saturated heterocycles. The third-order valence-electron chi connectivity index (χ3n) is 1.85. The van der Waals surface area contributed by atoms with Crippen molar-refractivity contribution in [3.8, 4) is 0 Å². The van der Waals surface area contributed by atoms with E-state index in [1.807, 2.05) is 0 Å². The molecule has 1 aromatic carbocycles. The van der Waals surface area contributed by atoms with Gasteiger partial charge in [0.25, 0.3) is 0 Å². The molecule has 0 aliphatic carbocycles. The van der Waals surface area contributed by atoms with E-state index in [9.17, 15) is 9.18 Å². The fraction of sp³-hybridized carbons (Fsp3) is 0.300. The van der Waals surface area contributed by atoms with Crippen LogP contribution in [0.25, 0.3) is 0 Å². The van der Waals surface area contributed by atoms with Crippen LogP contribution in [0.1, 0.15) is 23.4 Å². The van der Waals surface area contributed by atoms with Crippen LogP contribution in [0, 0.1) is 12.7 Å². The van der Waals surface area contributed by atoms with Crippen LogP contribution in [0.2, 0.25) is 0 Å². The molecule has 1 rings (SSSR count). The highest BCUT2D eigenvalue weighted by molar-refractivity contribution is 6.30. The van der Waals surface area contributed by atoms with Crippen LogP contribution >= 0.6 is 11.6 Å². The number of hydrogen-bond acceptors (Lipinski definition) is 1. The van der Waals surface area contributed by atoms with E-state index >= 15 is 0 Å². The molecule has 0 N–H and O–H groups in total. The lowest BCUT2D eigenvalue weighted by atomic mass is 10.1. The smallest absolute Gasteiger partial charge is 0.152 e. The Balaban J connectivity index is 3.03. The monoisotopic (exact) mass is 200 g/mol. The van der Waals surface area contributed by atoms with Gasteiger partial charge < -0.3 is 0 Å². The van der Waals surface area contributed by atoms with E-state index in [4.69, 9.17) is 11.6 Å². The van der Waals surface area contributed by atoms with Gasteiger partial charge in [-0.1, -0.05) is 12.1 Å². The highest BCUT2D eigenvalue weighted by Crippen LogP contribution is 2.22. The molecule has 0 heterocycles. The van der Waals surface area contributed by atoms with Gasteiger partial charge in [0, 0.05) is 0 Å². The fourth-order valence-corrected chi connectivity index (χ4v) is 1.14. The molecule has 0 radical (unpaired) electrons. The number of alkyl halides is 1. The summed E-state index contributed by atoms with van der Waals surface area (Å²) in [6.07, 6.45) is 0. The maximum atomic E-state index is 13.0. The van der Waals surface area contributed by atoms with Gasteiger partial charge in [0.05, 0.1) is 0 Å². The lowest BCUT2D eigenvalue weighted by Gasteiger charge is -2.06. The molecule has 70 valence electrons. The predicted octanol–water partition coefficient (Wildman–Crippen LogP) is 3.00. The molecule has 0 saturated carbocycles. The molecule has 1 atom stereocenters. The second kappa shape index (κ2) is 3.88. The molecule has 0 aliphatic rings. The van der Waals surface area contributed by atoms with E-state index < -0.39 is 5.38 Å². The molecule has 0 fully saturated rings. The average molecular weight is 201 g/mol. The van der Waals surface area contributed by atoms with E-state index in [-0.39, 0.29) is 11.6 Å². The van der Waals surface area contributed by atoms with Crippen LogP contribution in [0.15, 0.2) is 18.2 Å². The van der Waals surface area contributed by atoms with Crippen LogP contribution in [0.5, 0.6) is 0 Å². The molecule has 0 spiro atoms. The van der Waals surface area contributed by atoms with Crippen molar-refractivity contribution in [1.29, 1.82) is 0 Å². The van der Waals surface area contributed by atoms with Crippen molar-refractivity contribution in [2.24, 2.45) is 0 Å². The summed E-state index contributed by atoms with van der Waals surface area (Å²) in [6, 6.07) is 4.58. The molecule has 0 amide bonds. The second-order valence-corrected chi connectivity index (χ2v) is 3.42. The molecule has 1 aromatic rings. The van der Waals surface area contributed by atoms with E-state index in [1.54, 1.807) is 19.1 Å². The third-order valence-corrected chi connectivity index (χ3v) is 2.40. The quantitative estimate of drug-likeness (QED) is 0.671. The Kier molecular flexibility index (Phi) is 3.04. The van der Waals surface area contributed by atoms with Crippen molar-refractivity contribution in [2.75, 3.05) is 0 Å². The Morgan fingerprint density at radius 2 is 2.15 bits per heavy atom. The first-order chi connectivity index (χ1) is 6.02. The Hall–Kier alpha value is -0.890. The number of halogens is 2. The van der Waals surface area contributed by atoms with Gasteiger partial charge >= 0.3 is 0 Å². The number of ketones is 1. The van der Waals surface area contributed by atoms with Gasteiger partial charge in [-0.2, -0.15) is 0 Å². The highest BCUT2D eigenvalue weighted by atomic mass is 35.5. The van der Waals surface area contributed by atoms with Gasteiger partial charge in [0.1, 0.15) is 11.2 Å². The Morgan fingerprint density at radius 1 is 1.54 bits per heavy atom. The predicted molar refractivity (Wildman–Crippen MR) is 50.4 cm³/mol. The van der Waals surface area contributed by atoms with Crippen LogP contribution in [-0.4, -0.2) is 5.78 Å². The first kappa shape index (κ1) is 10.2. The number of benzene rings is 1. The van der Waals surface area contributed by atoms with Crippen LogP contribution in [0.3, 0.4) is 0 Å². The number of carbonyl (C=O) groups excluding carboxylic acids is 1. The van der Waals surface area contributed by atoms with Crippen molar-refractivity contribution < 1.29 is 9.18 Å². The molecule has 0 aliphatic heterocycles. The maximum Gasteiger partial charge on any atom is 0.152 e. The lowest BCUT2D eigenvalue weighted by molar-refractivity contribution is -0.116. The van der Waals surface area contributed by atoms with Gasteiger partial charge in [-0.3, -0.25) is 4.79 Å². The first-order valence-electron chi connectivity index (χ1n) is 3.93. The fourth-order valence-electron chi connectivity index (χ4n) is 1.00. The molecule has 0 bridgehead atoms. The summed E-state index contributed by atoms with van der Waals surface area (Å²) in [5.74, 6) is -0.505. The number of hydrogen-bond donors (Lipinski definition) is 0. The van der Waals surface area contributed by atoms with E-state index in [0.717, 1.165) is 0 Å². The third kappa shape index (κ3) is 2.28. The van der Waals surface area contributed by atoms with Crippen molar-refractivity contribution in [1.82, 2.24) is 0 Å². The van der Waals surface area contributed by atoms with Gasteiger partial charge in [0.2, 0.25) is 0 Å². The number of rotatable bonds is 2. The van der Waals surface area contributed by atoms with Gasteiger partial charge in [-0.15, -0.1) is 11.6 Å². The molecule has 1 nitrogen and oxygen atoms in total. The number of Topliss-reactive ketones (excluding diaryl/α,β-unsaturated/α-hetero) is 1. The van der Waals surface area contributed by atoms with Crippen molar-refractivity contribution in [2.45, 2.75) is 19.2 Å². The van der Waals surface area contributed by atoms with Crippen LogP contribution < -0.4 is 0 Å². The summed E-state index contributed by atoms with van der Waals surface area (Å²) in [6.45, 7) is 3.05. The molecule has 0 aromatic heterocycles. The van der Waals surface area contributed by atoms with E-state index in [0.29, 0.717) is 11.1 Å². The summed E-state index contributed by atoms with van der Waals surface area (Å²) in [5.41, 5.74) is 1.06. The maximum absolute atomic E-state index is 13.0. The Morgan fingerprint density at radius 3 is 2.62 bits per heavy atom. The molecular weight excluding hydrogens is 191 g/mol. The first-order valence-corrected chi connectivity index (χ1v) is 4.36. The second-order valence-electron chi connectivity index (χ2n) is 2.98. The number of aryl methyl sites for hydroxylation is 1. The summed E-state index contributed by atoms with van der Waals surface area (Å²) in [4.78, 5) is 10.9. The minimum Gasteiger partial charge on any atom is -0.298 e. The standard InChI is InChI=1S/C10H10ClFO/c1-6-3-4-8(5-9(6)12)10(11)7(2)13/h3-5,10H,1-2H3. The summed E-state index contributed by atoms with van der Waals surface area (Å²) >= 11 is 5.75. The van der Waals surface area contributed by atoms with Crippen LogP contribution in [-0.2, 0) is 4.79 Å². The normalized spacial score (nSPS) is 12.6. The minimum absolute atomic E-state index is 0.176. The largest absolute Gasteiger partial charge is 0.298 e. The summed E-state index contributed by atoms with van der Waals surface area (Å²) < 4.78 is 13.0. The van der Waals surface area contributed by atoms with Gasteiger partial charge in [0.15, 0.2) is 5.78 Å². The van der Waals surface area contributed by atoms with Gasteiger partial charge in [-0.05, 0) is 31.0 Å². The molecular formula is C10H10ClFO. The van der Waals surface area contributed by atoms with E-state index in [2.05, 4.69) is 0 Å². The van der Waals surface area contributed by atoms with Crippen molar-refractivity contribution >= 4 is 17.4 Å². The Bertz CT molecular complexity index is 336.